The lowest BCUT2D eigenvalue weighted by Crippen LogP contribution is -2.59. The molecule has 7 nitrogen and oxygen atoms in total. The molecule has 0 fully saturated rings. The Bertz CT molecular complexity index is 738. The van der Waals surface area contributed by atoms with Gasteiger partial charge < -0.3 is 24.6 Å². The van der Waals surface area contributed by atoms with Crippen molar-refractivity contribution in [2.24, 2.45) is 17.8 Å². The van der Waals surface area contributed by atoms with Crippen molar-refractivity contribution in [2.75, 3.05) is 26.2 Å². The largest absolute Gasteiger partial charge is 0.550 e. The minimum Gasteiger partial charge on any atom is -0.550 e. The molecule has 0 aromatic rings. The third kappa shape index (κ3) is 22.6. The predicted molar refractivity (Wildman–Crippen MR) is 189 cm³/mol. The van der Waals surface area contributed by atoms with Crippen LogP contribution in [-0.4, -0.2) is 58.8 Å². The van der Waals surface area contributed by atoms with Gasteiger partial charge in [-0.3, -0.25) is 9.59 Å². The van der Waals surface area contributed by atoms with E-state index in [1.54, 1.807) is 6.92 Å². The molecule has 0 saturated carbocycles. The van der Waals surface area contributed by atoms with E-state index in [9.17, 15) is 29.7 Å². The monoisotopic (exact) mass is 652 g/mol. The van der Waals surface area contributed by atoms with Crippen LogP contribution in [0.2, 0.25) is 0 Å². The van der Waals surface area contributed by atoms with E-state index < -0.39 is 35.7 Å². The minimum atomic E-state index is -1.14. The molecule has 0 spiro atoms. The number of carboxylic acid groups (broad SMARTS) is 3. The van der Waals surface area contributed by atoms with Gasteiger partial charge in [0.1, 0.15) is 11.8 Å². The smallest absolute Gasteiger partial charge is 0.312 e. The van der Waals surface area contributed by atoms with E-state index in [1.165, 1.54) is 109 Å². The highest BCUT2D eigenvalue weighted by Crippen LogP contribution is 2.25. The maximum atomic E-state index is 12.0. The van der Waals surface area contributed by atoms with E-state index in [0.29, 0.717) is 25.8 Å². The summed E-state index contributed by atoms with van der Waals surface area (Å²) in [5, 5.41) is 31.6. The summed E-state index contributed by atoms with van der Waals surface area (Å²) in [5.74, 6) is -4.94. The van der Waals surface area contributed by atoms with Gasteiger partial charge in [0.05, 0.1) is 32.1 Å². The van der Waals surface area contributed by atoms with Crippen molar-refractivity contribution in [3.63, 3.8) is 0 Å². The third-order valence-electron chi connectivity index (χ3n) is 9.98. The summed E-state index contributed by atoms with van der Waals surface area (Å²) < 4.78 is 0.221. The maximum absolute atomic E-state index is 12.0. The quantitative estimate of drug-likeness (QED) is 0.0407. The first-order valence-corrected chi connectivity index (χ1v) is 19.3. The number of carbonyl (C=O) groups excluding carboxylic acids is 1. The molecule has 2 N–H and O–H groups in total. The Hall–Kier alpha value is -1.89. The second-order valence-electron chi connectivity index (χ2n) is 14.0. The number of aliphatic carboxylic acids is 3. The minimum absolute atomic E-state index is 0.221. The van der Waals surface area contributed by atoms with Gasteiger partial charge in [0.2, 0.25) is 0 Å². The topological polar surface area (TPSA) is 115 Å². The van der Waals surface area contributed by atoms with Crippen molar-refractivity contribution in [1.29, 1.82) is 0 Å². The van der Waals surface area contributed by atoms with Gasteiger partial charge in [0.25, 0.3) is 0 Å². The zero-order valence-corrected chi connectivity index (χ0v) is 30.5. The van der Waals surface area contributed by atoms with Gasteiger partial charge in [-0.2, -0.15) is 0 Å². The van der Waals surface area contributed by atoms with Gasteiger partial charge in [-0.1, -0.05) is 130 Å². The molecule has 0 bridgehead atoms. The first-order valence-electron chi connectivity index (χ1n) is 19.3. The first kappa shape index (κ1) is 44.1. The number of unbranched alkanes of at least 4 members (excludes halogenated alkanes) is 18. The molecule has 0 amide bonds. The van der Waals surface area contributed by atoms with Crippen molar-refractivity contribution < 1.29 is 34.2 Å². The molecule has 0 aromatic carbocycles. The van der Waals surface area contributed by atoms with Crippen LogP contribution in [0.1, 0.15) is 175 Å². The molecule has 270 valence electrons. The molecule has 0 saturated heterocycles. The third-order valence-corrected chi connectivity index (χ3v) is 9.98. The van der Waals surface area contributed by atoms with Crippen LogP contribution in [0.15, 0.2) is 12.2 Å². The summed E-state index contributed by atoms with van der Waals surface area (Å²) in [4.78, 5) is 35.9. The zero-order valence-electron chi connectivity index (χ0n) is 30.5. The van der Waals surface area contributed by atoms with Gasteiger partial charge >= 0.3 is 11.9 Å². The number of hydrogen-bond acceptors (Lipinski definition) is 4. The van der Waals surface area contributed by atoms with Crippen LogP contribution in [0.4, 0.5) is 0 Å². The number of quaternary nitrogens is 1. The summed E-state index contributed by atoms with van der Waals surface area (Å²) in [5.41, 5.74) is 0. The van der Waals surface area contributed by atoms with Crippen LogP contribution < -0.4 is 5.11 Å². The van der Waals surface area contributed by atoms with Crippen molar-refractivity contribution >= 4 is 17.9 Å². The van der Waals surface area contributed by atoms with E-state index >= 15 is 0 Å². The molecule has 3 unspecified atom stereocenters. The Labute approximate surface area is 283 Å². The molecule has 0 aromatic heterocycles. The molecule has 3 atom stereocenters. The lowest BCUT2D eigenvalue weighted by molar-refractivity contribution is -0.935. The number of carbonyl (C=O) groups is 3. The van der Waals surface area contributed by atoms with Gasteiger partial charge in [-0.15, -0.1) is 0 Å². The number of carboxylic acids is 3. The zero-order chi connectivity index (χ0) is 34.5. The standard InChI is InChI=1S/C39H73NO6/c1-5-9-10-11-12-13-14-15-16-17-18-19-20-21-22-23-24-25-26-27-28-29-30-40(31-34(6-2)37(41)42,32-35(7-3)38(43)44)33-36(8-4)39(45)46/h13-14,34-36H,5-12,15-33H2,1-4H3,(H2-,41,42,43,44,45,46)/b14-13+. The van der Waals surface area contributed by atoms with E-state index in [4.69, 9.17) is 0 Å². The van der Waals surface area contributed by atoms with E-state index in [-0.39, 0.29) is 24.1 Å². The highest BCUT2D eigenvalue weighted by Gasteiger charge is 2.39. The van der Waals surface area contributed by atoms with Crippen LogP contribution in [0.25, 0.3) is 0 Å². The predicted octanol–water partition coefficient (Wildman–Crippen LogP) is 9.18. The normalized spacial score (nSPS) is 15.0. The second-order valence-corrected chi connectivity index (χ2v) is 14.0. The van der Waals surface area contributed by atoms with Crippen LogP contribution in [-0.2, 0) is 14.4 Å². The summed E-state index contributed by atoms with van der Waals surface area (Å²) in [7, 11) is 0. The number of hydrogen-bond donors (Lipinski definition) is 2. The Morgan fingerprint density at radius 1 is 0.522 bits per heavy atom. The fraction of sp³-hybridized carbons (Fsp3) is 0.872. The molecule has 0 radical (unpaired) electrons. The van der Waals surface area contributed by atoms with E-state index in [2.05, 4.69) is 19.1 Å². The average molecular weight is 652 g/mol. The van der Waals surface area contributed by atoms with E-state index in [1.807, 2.05) is 13.8 Å². The lowest BCUT2D eigenvalue weighted by atomic mass is 9.95. The van der Waals surface area contributed by atoms with Crippen LogP contribution in [0.3, 0.4) is 0 Å². The first-order chi connectivity index (χ1) is 22.2. The number of nitrogens with zero attached hydrogens (tertiary/aromatic N) is 1. The van der Waals surface area contributed by atoms with Gasteiger partial charge in [0.15, 0.2) is 0 Å². The van der Waals surface area contributed by atoms with Crippen LogP contribution >= 0.6 is 0 Å². The molecule has 0 rings (SSSR count). The van der Waals surface area contributed by atoms with Crippen LogP contribution in [0.5, 0.6) is 0 Å². The van der Waals surface area contributed by atoms with Crippen molar-refractivity contribution in [2.45, 2.75) is 175 Å². The lowest BCUT2D eigenvalue weighted by Gasteiger charge is -2.44. The second kappa shape index (κ2) is 29.3. The van der Waals surface area contributed by atoms with Gasteiger partial charge in [-0.05, 0) is 57.8 Å². The van der Waals surface area contributed by atoms with Crippen molar-refractivity contribution in [3.8, 4) is 0 Å². The molecule has 0 aliphatic heterocycles. The molecular weight excluding hydrogens is 578 g/mol. The fourth-order valence-electron chi connectivity index (χ4n) is 6.79. The maximum Gasteiger partial charge on any atom is 0.312 e. The summed E-state index contributed by atoms with van der Waals surface area (Å²) in [6, 6.07) is 0. The number of allylic oxidation sites excluding steroid dienone is 2. The Kier molecular flexibility index (Phi) is 28.1. The highest BCUT2D eigenvalue weighted by atomic mass is 16.4. The molecule has 0 aliphatic carbocycles. The number of rotatable bonds is 34. The van der Waals surface area contributed by atoms with Gasteiger partial charge in [0, 0.05) is 5.92 Å². The summed E-state index contributed by atoms with van der Waals surface area (Å²) >= 11 is 0. The van der Waals surface area contributed by atoms with E-state index in [0.717, 1.165) is 19.3 Å². The summed E-state index contributed by atoms with van der Waals surface area (Å²) in [6.45, 7) is 9.07. The van der Waals surface area contributed by atoms with Crippen LogP contribution in [0, 0.1) is 17.8 Å². The molecule has 0 aliphatic rings. The molecular formula is C39H73NO6. The fourth-order valence-corrected chi connectivity index (χ4v) is 6.79. The Morgan fingerprint density at radius 2 is 0.848 bits per heavy atom. The van der Waals surface area contributed by atoms with Crippen molar-refractivity contribution in [1.82, 2.24) is 0 Å². The Balaban J connectivity index is 4.42. The summed E-state index contributed by atoms with van der Waals surface area (Å²) in [6.07, 6.45) is 31.2. The Morgan fingerprint density at radius 3 is 1.17 bits per heavy atom. The SMILES string of the molecule is CCCCCC/C=C/CCCCCCCCCCCCCCCC[N+](CC(CC)C(=O)[O-])(CC(CC)C(=O)O)CC(CC)C(=O)O. The average Bonchev–Trinajstić information content (AvgIpc) is 3.03. The van der Waals surface area contributed by atoms with Crippen molar-refractivity contribution in [3.05, 3.63) is 12.2 Å². The molecule has 0 heterocycles. The molecule has 46 heavy (non-hydrogen) atoms. The molecule has 7 heteroatoms. The highest BCUT2D eigenvalue weighted by molar-refractivity contribution is 5.70. The van der Waals surface area contributed by atoms with Gasteiger partial charge in [-0.25, -0.2) is 0 Å².